The maximum absolute atomic E-state index is 12.3. The number of piperidine rings is 1. The van der Waals surface area contributed by atoms with Crippen molar-refractivity contribution in [1.82, 2.24) is 20.4 Å². The number of nitrogens with zero attached hydrogens (tertiary/aromatic N) is 2. The van der Waals surface area contributed by atoms with E-state index in [1.807, 2.05) is 4.90 Å². The van der Waals surface area contributed by atoms with Crippen LogP contribution in [0.3, 0.4) is 0 Å². The number of piperazine rings is 1. The zero-order valence-corrected chi connectivity index (χ0v) is 15.6. The van der Waals surface area contributed by atoms with Crippen LogP contribution in [0.4, 0.5) is 0 Å². The van der Waals surface area contributed by atoms with Crippen molar-refractivity contribution >= 4 is 17.8 Å². The number of nitrogens with one attached hydrogen (secondary N) is 3. The van der Waals surface area contributed by atoms with E-state index in [0.29, 0.717) is 13.1 Å². The predicted octanol–water partition coefficient (Wildman–Crippen LogP) is -0.981. The molecule has 9 nitrogen and oxygen atoms in total. The lowest BCUT2D eigenvalue weighted by atomic mass is 9.98. The highest BCUT2D eigenvalue weighted by atomic mass is 16.3. The van der Waals surface area contributed by atoms with E-state index in [1.54, 1.807) is 4.90 Å². The van der Waals surface area contributed by atoms with Gasteiger partial charge in [-0.05, 0) is 31.7 Å². The fourth-order valence-electron chi connectivity index (χ4n) is 3.64. The van der Waals surface area contributed by atoms with Crippen molar-refractivity contribution in [3.05, 3.63) is 0 Å². The summed E-state index contributed by atoms with van der Waals surface area (Å²) in [5.41, 5.74) is 4.01. The number of hydrogen-bond acceptors (Lipinski definition) is 5. The van der Waals surface area contributed by atoms with Gasteiger partial charge in [-0.2, -0.15) is 0 Å². The summed E-state index contributed by atoms with van der Waals surface area (Å²) in [4.78, 5) is 27.8. The van der Waals surface area contributed by atoms with Gasteiger partial charge >= 0.3 is 0 Å². The standard InChI is InChI=1S/C17H32N6O3/c1-2-3-6-22-11-15(25)21-17(26,12-22)8-14(24)20-9-13-5-4-7-23(10-13)16(18)19/h13,26H,2-12H2,1H3,(H3,18,19)(H,20,24)(H,21,25)/t13-,17-/m0/s1. The second kappa shape index (κ2) is 9.18. The van der Waals surface area contributed by atoms with Gasteiger partial charge in [-0.3, -0.25) is 19.9 Å². The van der Waals surface area contributed by atoms with Crippen LogP contribution in [-0.4, -0.2) is 77.7 Å². The molecule has 0 aromatic rings. The molecule has 2 heterocycles. The third-order valence-corrected chi connectivity index (χ3v) is 4.95. The van der Waals surface area contributed by atoms with Crippen LogP contribution >= 0.6 is 0 Å². The number of carbonyl (C=O) groups is 2. The molecule has 0 aromatic carbocycles. The highest BCUT2D eigenvalue weighted by Gasteiger charge is 2.38. The lowest BCUT2D eigenvalue weighted by molar-refractivity contribution is -0.145. The number of guanidine groups is 1. The van der Waals surface area contributed by atoms with Gasteiger partial charge in [0.15, 0.2) is 11.7 Å². The Kier molecular flexibility index (Phi) is 7.22. The Bertz CT molecular complexity index is 529. The molecule has 148 valence electrons. The summed E-state index contributed by atoms with van der Waals surface area (Å²) in [7, 11) is 0. The fraction of sp³-hybridized carbons (Fsp3) is 0.824. The highest BCUT2D eigenvalue weighted by molar-refractivity contribution is 5.82. The van der Waals surface area contributed by atoms with Gasteiger partial charge in [0.05, 0.1) is 13.0 Å². The molecule has 2 aliphatic heterocycles. The van der Waals surface area contributed by atoms with E-state index in [9.17, 15) is 14.7 Å². The van der Waals surface area contributed by atoms with Crippen molar-refractivity contribution in [2.75, 3.05) is 39.3 Å². The van der Waals surface area contributed by atoms with Crippen LogP contribution in [0.5, 0.6) is 0 Å². The van der Waals surface area contributed by atoms with E-state index in [4.69, 9.17) is 11.1 Å². The van der Waals surface area contributed by atoms with Crippen LogP contribution in [0.15, 0.2) is 0 Å². The van der Waals surface area contributed by atoms with Crippen molar-refractivity contribution in [2.45, 2.75) is 44.8 Å². The maximum Gasteiger partial charge on any atom is 0.236 e. The Morgan fingerprint density at radius 1 is 1.54 bits per heavy atom. The molecule has 9 heteroatoms. The third-order valence-electron chi connectivity index (χ3n) is 4.95. The van der Waals surface area contributed by atoms with Crippen LogP contribution in [0, 0.1) is 11.3 Å². The normalized spacial score (nSPS) is 27.1. The Hall–Kier alpha value is -1.87. The molecule has 0 spiro atoms. The highest BCUT2D eigenvalue weighted by Crippen LogP contribution is 2.17. The molecule has 0 bridgehead atoms. The van der Waals surface area contributed by atoms with Crippen LogP contribution in [0.1, 0.15) is 39.0 Å². The minimum absolute atomic E-state index is 0.0624. The fourth-order valence-corrected chi connectivity index (χ4v) is 3.64. The molecule has 6 N–H and O–H groups in total. The van der Waals surface area contributed by atoms with Crippen LogP contribution in [-0.2, 0) is 9.59 Å². The van der Waals surface area contributed by atoms with Crippen LogP contribution in [0.2, 0.25) is 0 Å². The lowest BCUT2D eigenvalue weighted by Crippen LogP contribution is -2.64. The molecule has 0 unspecified atom stereocenters. The third kappa shape index (κ3) is 6.14. The molecular formula is C17H32N6O3. The quantitative estimate of drug-likeness (QED) is 0.290. The first-order valence-corrected chi connectivity index (χ1v) is 9.42. The zero-order valence-electron chi connectivity index (χ0n) is 15.6. The van der Waals surface area contributed by atoms with Crippen LogP contribution in [0.25, 0.3) is 0 Å². The van der Waals surface area contributed by atoms with Crippen LogP contribution < -0.4 is 16.4 Å². The Morgan fingerprint density at radius 2 is 2.31 bits per heavy atom. The molecule has 2 saturated heterocycles. The van der Waals surface area contributed by atoms with E-state index in [1.165, 1.54) is 0 Å². The van der Waals surface area contributed by atoms with Crippen molar-refractivity contribution in [3.63, 3.8) is 0 Å². The Labute approximate surface area is 154 Å². The van der Waals surface area contributed by atoms with Crippen molar-refractivity contribution in [3.8, 4) is 0 Å². The molecule has 2 aliphatic rings. The molecule has 0 saturated carbocycles. The molecule has 26 heavy (non-hydrogen) atoms. The number of aliphatic hydroxyl groups is 1. The van der Waals surface area contributed by atoms with E-state index < -0.39 is 5.72 Å². The molecule has 2 amide bonds. The number of β-amino-alcohol motifs (C(OH)–C–C–N with tert-alkyl or cyclic N) is 1. The average molecular weight is 368 g/mol. The van der Waals surface area contributed by atoms with Crippen molar-refractivity contribution in [2.24, 2.45) is 11.7 Å². The molecule has 2 atom stereocenters. The number of hydrogen-bond donors (Lipinski definition) is 5. The minimum Gasteiger partial charge on any atom is -0.370 e. The predicted molar refractivity (Wildman–Crippen MR) is 98.3 cm³/mol. The number of rotatable bonds is 7. The van der Waals surface area contributed by atoms with E-state index in [-0.39, 0.29) is 43.2 Å². The van der Waals surface area contributed by atoms with Crippen molar-refractivity contribution in [1.29, 1.82) is 5.41 Å². The van der Waals surface area contributed by atoms with Gasteiger partial charge in [0.25, 0.3) is 0 Å². The van der Waals surface area contributed by atoms with Crippen molar-refractivity contribution < 1.29 is 14.7 Å². The van der Waals surface area contributed by atoms with Gasteiger partial charge in [0.2, 0.25) is 11.8 Å². The largest absolute Gasteiger partial charge is 0.370 e. The molecule has 2 rings (SSSR count). The number of likely N-dealkylation sites (tertiary alicyclic amines) is 1. The van der Waals surface area contributed by atoms with Gasteiger partial charge < -0.3 is 26.4 Å². The van der Waals surface area contributed by atoms with Gasteiger partial charge in [0, 0.05) is 26.2 Å². The smallest absolute Gasteiger partial charge is 0.236 e. The van der Waals surface area contributed by atoms with Gasteiger partial charge in [-0.15, -0.1) is 0 Å². The molecule has 0 aromatic heterocycles. The summed E-state index contributed by atoms with van der Waals surface area (Å²) in [5, 5.41) is 23.6. The summed E-state index contributed by atoms with van der Waals surface area (Å²) in [5.74, 6) is -0.252. The Morgan fingerprint density at radius 3 is 3.00 bits per heavy atom. The first-order valence-electron chi connectivity index (χ1n) is 9.42. The molecule has 2 fully saturated rings. The van der Waals surface area contributed by atoms with E-state index in [0.717, 1.165) is 38.8 Å². The summed E-state index contributed by atoms with van der Waals surface area (Å²) in [6.07, 6.45) is 3.70. The minimum atomic E-state index is -1.52. The number of amides is 2. The topological polar surface area (TPSA) is 135 Å². The lowest BCUT2D eigenvalue weighted by Gasteiger charge is -2.39. The number of nitrogens with two attached hydrogens (primary N) is 1. The second-order valence-electron chi connectivity index (χ2n) is 7.46. The molecule has 0 aliphatic carbocycles. The SMILES string of the molecule is CCCCN1CC(=O)N[C@](O)(CC(=O)NC[C@@H]2CCCN(C(=N)N)C2)C1. The summed E-state index contributed by atoms with van der Waals surface area (Å²) in [6, 6.07) is 0. The maximum atomic E-state index is 12.3. The number of unbranched alkanes of at least 4 members (excludes halogenated alkanes) is 1. The summed E-state index contributed by atoms with van der Waals surface area (Å²) in [6.45, 7) is 5.23. The van der Waals surface area contributed by atoms with E-state index in [2.05, 4.69) is 17.6 Å². The monoisotopic (exact) mass is 368 g/mol. The number of carbonyl (C=O) groups excluding carboxylic acids is 2. The summed E-state index contributed by atoms with van der Waals surface area (Å²) < 4.78 is 0. The summed E-state index contributed by atoms with van der Waals surface area (Å²) >= 11 is 0. The first kappa shape index (κ1) is 20.4. The van der Waals surface area contributed by atoms with Gasteiger partial charge in [0.1, 0.15) is 0 Å². The molecular weight excluding hydrogens is 336 g/mol. The first-order chi connectivity index (χ1) is 12.3. The zero-order chi connectivity index (χ0) is 19.2. The van der Waals surface area contributed by atoms with Gasteiger partial charge in [-0.1, -0.05) is 13.3 Å². The second-order valence-corrected chi connectivity index (χ2v) is 7.46. The average Bonchev–Trinajstić information content (AvgIpc) is 2.57. The van der Waals surface area contributed by atoms with Gasteiger partial charge in [-0.25, -0.2) is 0 Å². The molecule has 0 radical (unpaired) electrons. The van der Waals surface area contributed by atoms with E-state index >= 15 is 0 Å². The Balaban J connectivity index is 1.80.